The fraction of sp³-hybridized carbons (Fsp3) is 0.533. The summed E-state index contributed by atoms with van der Waals surface area (Å²) < 4.78 is 2.23. The van der Waals surface area contributed by atoms with Crippen molar-refractivity contribution in [3.05, 3.63) is 35.8 Å². The molecular weight excluding hydrogens is 236 g/mol. The van der Waals surface area contributed by atoms with E-state index in [1.807, 2.05) is 6.07 Å². The number of nitrogens with one attached hydrogen (secondary N) is 1. The second kappa shape index (κ2) is 5.31. The van der Waals surface area contributed by atoms with Crippen LogP contribution in [0.15, 0.2) is 24.4 Å². The maximum Gasteiger partial charge on any atom is 0.137 e. The molecule has 1 fully saturated rings. The first kappa shape index (κ1) is 12.6. The number of nitrogens with zero attached hydrogens (tertiary/aromatic N) is 3. The monoisotopic (exact) mass is 258 g/mol. The van der Waals surface area contributed by atoms with Gasteiger partial charge in [0.1, 0.15) is 5.65 Å². The first-order valence-electron chi connectivity index (χ1n) is 7.13. The van der Waals surface area contributed by atoms with Gasteiger partial charge < -0.3 is 9.72 Å². The third-order valence-corrected chi connectivity index (χ3v) is 4.09. The van der Waals surface area contributed by atoms with E-state index in [0.717, 1.165) is 43.9 Å². The topological polar surface area (TPSA) is 32.6 Å². The molecule has 0 radical (unpaired) electrons. The summed E-state index contributed by atoms with van der Waals surface area (Å²) in [5.41, 5.74) is 3.57. The first-order chi connectivity index (χ1) is 9.25. The largest absolute Gasteiger partial charge is 0.314 e. The molecule has 19 heavy (non-hydrogen) atoms. The number of hydrogen-bond donors (Lipinski definition) is 1. The van der Waals surface area contributed by atoms with Crippen molar-refractivity contribution in [2.75, 3.05) is 26.2 Å². The lowest BCUT2D eigenvalue weighted by atomic mass is 10.1. The van der Waals surface area contributed by atoms with Crippen molar-refractivity contribution >= 4 is 5.65 Å². The number of aryl methyl sites for hydroxylation is 1. The van der Waals surface area contributed by atoms with Crippen LogP contribution in [0.1, 0.15) is 18.3 Å². The van der Waals surface area contributed by atoms with Crippen LogP contribution in [-0.2, 0) is 6.42 Å². The standard InChI is InChI=1S/C15H22N4/c1-12(18-9-6-16-7-10-18)11-14-13(2)17-15-5-3-4-8-19(14)15/h3-5,8,12,16H,6-7,9-11H2,1-2H3. The average Bonchev–Trinajstić information content (AvgIpc) is 2.76. The molecule has 0 aliphatic carbocycles. The van der Waals surface area contributed by atoms with E-state index in [-0.39, 0.29) is 0 Å². The Balaban J connectivity index is 1.82. The predicted octanol–water partition coefficient (Wildman–Crippen LogP) is 1.48. The summed E-state index contributed by atoms with van der Waals surface area (Å²) in [6.07, 6.45) is 3.19. The van der Waals surface area contributed by atoms with Gasteiger partial charge in [0.05, 0.1) is 5.69 Å². The molecule has 0 spiro atoms. The van der Waals surface area contributed by atoms with Gasteiger partial charge in [0.2, 0.25) is 0 Å². The highest BCUT2D eigenvalue weighted by molar-refractivity contribution is 5.42. The van der Waals surface area contributed by atoms with Gasteiger partial charge in [0, 0.05) is 50.5 Å². The number of hydrogen-bond acceptors (Lipinski definition) is 3. The van der Waals surface area contributed by atoms with Gasteiger partial charge in [-0.3, -0.25) is 4.90 Å². The average molecular weight is 258 g/mol. The highest BCUT2D eigenvalue weighted by Crippen LogP contribution is 2.16. The van der Waals surface area contributed by atoms with E-state index >= 15 is 0 Å². The smallest absolute Gasteiger partial charge is 0.137 e. The van der Waals surface area contributed by atoms with Crippen molar-refractivity contribution in [2.45, 2.75) is 26.3 Å². The fourth-order valence-corrected chi connectivity index (χ4v) is 2.94. The normalized spacial score (nSPS) is 18.8. The van der Waals surface area contributed by atoms with Gasteiger partial charge in [0.25, 0.3) is 0 Å². The second-order valence-electron chi connectivity index (χ2n) is 5.41. The van der Waals surface area contributed by atoms with Gasteiger partial charge in [0.15, 0.2) is 0 Å². The zero-order chi connectivity index (χ0) is 13.2. The Labute approximate surface area is 114 Å². The predicted molar refractivity (Wildman–Crippen MR) is 77.5 cm³/mol. The summed E-state index contributed by atoms with van der Waals surface area (Å²) >= 11 is 0. The maximum atomic E-state index is 4.64. The van der Waals surface area contributed by atoms with Crippen LogP contribution in [0.3, 0.4) is 0 Å². The molecule has 1 aliphatic rings. The molecule has 0 amide bonds. The number of rotatable bonds is 3. The molecule has 1 atom stereocenters. The highest BCUT2D eigenvalue weighted by atomic mass is 15.2. The summed E-state index contributed by atoms with van der Waals surface area (Å²) in [6.45, 7) is 8.96. The van der Waals surface area contributed by atoms with Gasteiger partial charge in [-0.2, -0.15) is 0 Å². The molecule has 0 saturated carbocycles. The van der Waals surface area contributed by atoms with E-state index < -0.39 is 0 Å². The van der Waals surface area contributed by atoms with E-state index in [4.69, 9.17) is 0 Å². The number of pyridine rings is 1. The minimum absolute atomic E-state index is 0.570. The van der Waals surface area contributed by atoms with Crippen molar-refractivity contribution in [3.8, 4) is 0 Å². The van der Waals surface area contributed by atoms with E-state index in [0.29, 0.717) is 6.04 Å². The van der Waals surface area contributed by atoms with Crippen molar-refractivity contribution in [1.29, 1.82) is 0 Å². The van der Waals surface area contributed by atoms with Crippen molar-refractivity contribution in [3.63, 3.8) is 0 Å². The second-order valence-corrected chi connectivity index (χ2v) is 5.41. The van der Waals surface area contributed by atoms with Gasteiger partial charge >= 0.3 is 0 Å². The molecule has 4 nitrogen and oxygen atoms in total. The molecular formula is C15H22N4. The van der Waals surface area contributed by atoms with Crippen LogP contribution >= 0.6 is 0 Å². The highest BCUT2D eigenvalue weighted by Gasteiger charge is 2.19. The molecule has 4 heteroatoms. The molecule has 3 heterocycles. The fourth-order valence-electron chi connectivity index (χ4n) is 2.94. The van der Waals surface area contributed by atoms with E-state index in [1.54, 1.807) is 0 Å². The SMILES string of the molecule is Cc1nc2ccccn2c1CC(C)N1CCNCC1. The minimum Gasteiger partial charge on any atom is -0.314 e. The van der Waals surface area contributed by atoms with Gasteiger partial charge in [-0.05, 0) is 26.0 Å². The maximum absolute atomic E-state index is 4.64. The van der Waals surface area contributed by atoms with Crippen molar-refractivity contribution in [2.24, 2.45) is 0 Å². The van der Waals surface area contributed by atoms with Crippen LogP contribution in [0.25, 0.3) is 5.65 Å². The third kappa shape index (κ3) is 2.51. The lowest BCUT2D eigenvalue weighted by molar-refractivity contribution is 0.182. The summed E-state index contributed by atoms with van der Waals surface area (Å²) in [7, 11) is 0. The summed E-state index contributed by atoms with van der Waals surface area (Å²) in [5, 5.41) is 3.41. The third-order valence-electron chi connectivity index (χ3n) is 4.09. The van der Waals surface area contributed by atoms with Crippen LogP contribution < -0.4 is 5.32 Å². The molecule has 0 aromatic carbocycles. The zero-order valence-corrected chi connectivity index (χ0v) is 11.8. The Bertz CT molecular complexity index is 554. The van der Waals surface area contributed by atoms with Crippen LogP contribution in [0.5, 0.6) is 0 Å². The van der Waals surface area contributed by atoms with Gasteiger partial charge in [-0.1, -0.05) is 6.07 Å². The molecule has 1 aliphatic heterocycles. The molecule has 2 aromatic heterocycles. The Kier molecular flexibility index (Phi) is 3.53. The summed E-state index contributed by atoms with van der Waals surface area (Å²) in [5.74, 6) is 0. The van der Waals surface area contributed by atoms with E-state index in [9.17, 15) is 0 Å². The number of aromatic nitrogens is 2. The Morgan fingerprint density at radius 3 is 2.89 bits per heavy atom. The van der Waals surface area contributed by atoms with Crippen molar-refractivity contribution in [1.82, 2.24) is 19.6 Å². The molecule has 0 bridgehead atoms. The Hall–Kier alpha value is -1.39. The number of piperazine rings is 1. The molecule has 1 saturated heterocycles. The molecule has 2 aromatic rings. The van der Waals surface area contributed by atoms with E-state index in [2.05, 4.69) is 51.8 Å². The van der Waals surface area contributed by atoms with Gasteiger partial charge in [-0.15, -0.1) is 0 Å². The van der Waals surface area contributed by atoms with E-state index in [1.165, 1.54) is 5.69 Å². The lowest BCUT2D eigenvalue weighted by Crippen LogP contribution is -2.48. The number of fused-ring (bicyclic) bond motifs is 1. The number of imidazole rings is 1. The molecule has 3 rings (SSSR count). The van der Waals surface area contributed by atoms with Gasteiger partial charge in [-0.25, -0.2) is 4.98 Å². The summed E-state index contributed by atoms with van der Waals surface area (Å²) in [6, 6.07) is 6.77. The van der Waals surface area contributed by atoms with Crippen LogP contribution in [0, 0.1) is 6.92 Å². The Morgan fingerprint density at radius 1 is 1.32 bits per heavy atom. The minimum atomic E-state index is 0.570. The quantitative estimate of drug-likeness (QED) is 0.905. The zero-order valence-electron chi connectivity index (χ0n) is 11.8. The summed E-state index contributed by atoms with van der Waals surface area (Å²) in [4.78, 5) is 7.21. The van der Waals surface area contributed by atoms with Crippen LogP contribution in [0.4, 0.5) is 0 Å². The molecule has 1 N–H and O–H groups in total. The molecule has 102 valence electrons. The van der Waals surface area contributed by atoms with Crippen LogP contribution in [0.2, 0.25) is 0 Å². The molecule has 1 unspecified atom stereocenters. The lowest BCUT2D eigenvalue weighted by Gasteiger charge is -2.32. The first-order valence-corrected chi connectivity index (χ1v) is 7.13. The van der Waals surface area contributed by atoms with Crippen LogP contribution in [-0.4, -0.2) is 46.5 Å². The Morgan fingerprint density at radius 2 is 2.11 bits per heavy atom. The van der Waals surface area contributed by atoms with Crippen molar-refractivity contribution < 1.29 is 0 Å².